The number of nitrogens with zero attached hydrogens (tertiary/aromatic N) is 5. The van der Waals surface area contributed by atoms with Gasteiger partial charge in [-0.25, -0.2) is 9.97 Å². The fraction of sp³-hybridized carbons (Fsp3) is 0.500. The highest BCUT2D eigenvalue weighted by atomic mass is 35.5. The van der Waals surface area contributed by atoms with Gasteiger partial charge in [0.25, 0.3) is 0 Å². The van der Waals surface area contributed by atoms with Crippen LogP contribution in [0.2, 0.25) is 0 Å². The maximum atomic E-state index is 13.6. The largest absolute Gasteiger partial charge is 0.417 e. The van der Waals surface area contributed by atoms with Gasteiger partial charge in [0.2, 0.25) is 5.95 Å². The van der Waals surface area contributed by atoms with Crippen molar-refractivity contribution in [1.29, 1.82) is 0 Å². The first-order valence-electron chi connectivity index (χ1n) is 9.29. The molecular weight excluding hydrogens is 460 g/mol. The highest BCUT2D eigenvalue weighted by Gasteiger charge is 2.35. The van der Waals surface area contributed by atoms with Crippen LogP contribution in [-0.2, 0) is 15.7 Å². The van der Waals surface area contributed by atoms with Crippen LogP contribution in [0.5, 0.6) is 0 Å². The predicted octanol–water partition coefficient (Wildman–Crippen LogP) is 2.66. The summed E-state index contributed by atoms with van der Waals surface area (Å²) in [7, 11) is 0. The summed E-state index contributed by atoms with van der Waals surface area (Å²) in [5, 5.41) is 0. The first-order valence-corrected chi connectivity index (χ1v) is 9.29. The van der Waals surface area contributed by atoms with Crippen LogP contribution in [-0.4, -0.2) is 67.6 Å². The van der Waals surface area contributed by atoms with E-state index in [-0.39, 0.29) is 41.9 Å². The molecule has 0 aromatic carbocycles. The van der Waals surface area contributed by atoms with Gasteiger partial charge < -0.3 is 25.0 Å². The smallest absolute Gasteiger partial charge is 0.384 e. The number of nitrogen functional groups attached to an aromatic ring is 1. The Morgan fingerprint density at radius 2 is 1.45 bits per heavy atom. The number of ether oxygens (including phenoxy) is 2. The topological polar surface area (TPSA) is 89.6 Å². The molecule has 0 spiro atoms. The van der Waals surface area contributed by atoms with Gasteiger partial charge >= 0.3 is 6.18 Å². The van der Waals surface area contributed by atoms with Crippen molar-refractivity contribution in [3.8, 4) is 11.3 Å². The number of morpholine rings is 2. The number of nitrogens with two attached hydrogens (primary N) is 1. The van der Waals surface area contributed by atoms with Crippen molar-refractivity contribution in [2.75, 3.05) is 68.1 Å². The molecule has 0 amide bonds. The third kappa shape index (κ3) is 5.79. The second kappa shape index (κ2) is 10.5. The summed E-state index contributed by atoms with van der Waals surface area (Å²) in [6, 6.07) is 2.40. The van der Waals surface area contributed by atoms with Gasteiger partial charge in [-0.3, -0.25) is 0 Å². The average molecular weight is 483 g/mol. The second-order valence-electron chi connectivity index (χ2n) is 6.76. The number of hydrogen-bond donors (Lipinski definition) is 1. The standard InChI is InChI=1S/C18H21F3N6O2.2ClH/c19-18(20,21)13-9-15(22)23-11-12(13)14-10-16(26-1-5-28-6-2-26)25-17(24-14)27-3-7-29-8-4-27;;/h9-11H,1-8H2,(H2,22,23);2*1H. The Bertz CT molecular complexity index is 842. The Kier molecular flexibility index (Phi) is 8.52. The molecule has 0 saturated carbocycles. The van der Waals surface area contributed by atoms with Crippen LogP contribution in [0.15, 0.2) is 18.3 Å². The van der Waals surface area contributed by atoms with Crippen LogP contribution in [0.4, 0.5) is 30.8 Å². The van der Waals surface area contributed by atoms with E-state index < -0.39 is 11.7 Å². The van der Waals surface area contributed by atoms with E-state index in [1.807, 2.05) is 9.80 Å². The molecule has 0 radical (unpaired) electrons. The van der Waals surface area contributed by atoms with Crippen LogP contribution in [0.25, 0.3) is 11.3 Å². The van der Waals surface area contributed by atoms with Gasteiger partial charge in [0, 0.05) is 44.0 Å². The van der Waals surface area contributed by atoms with Crippen LogP contribution < -0.4 is 15.5 Å². The Hall–Kier alpha value is -2.08. The molecule has 2 aromatic heterocycles. The number of pyridine rings is 1. The highest BCUT2D eigenvalue weighted by molar-refractivity contribution is 5.85. The Morgan fingerprint density at radius 3 is 2.03 bits per heavy atom. The number of aromatic nitrogens is 3. The molecular formula is C18H23Cl2F3N6O2. The van der Waals surface area contributed by atoms with E-state index in [0.29, 0.717) is 64.4 Å². The highest BCUT2D eigenvalue weighted by Crippen LogP contribution is 2.38. The van der Waals surface area contributed by atoms with E-state index in [0.717, 1.165) is 12.3 Å². The number of anilines is 3. The zero-order chi connectivity index (χ0) is 20.4. The molecule has 2 aromatic rings. The lowest BCUT2D eigenvalue weighted by atomic mass is 10.1. The summed E-state index contributed by atoms with van der Waals surface area (Å²) in [5.74, 6) is 0.735. The van der Waals surface area contributed by atoms with Crippen LogP contribution >= 0.6 is 24.8 Å². The molecule has 2 fully saturated rings. The molecule has 0 atom stereocenters. The van der Waals surface area contributed by atoms with Gasteiger partial charge in [0.1, 0.15) is 11.6 Å². The van der Waals surface area contributed by atoms with Gasteiger partial charge in [-0.05, 0) is 6.07 Å². The lowest BCUT2D eigenvalue weighted by Gasteiger charge is -2.31. The predicted molar refractivity (Wildman–Crippen MR) is 115 cm³/mol. The molecule has 2 aliphatic rings. The third-order valence-corrected chi connectivity index (χ3v) is 4.84. The van der Waals surface area contributed by atoms with Crippen molar-refractivity contribution < 1.29 is 22.6 Å². The van der Waals surface area contributed by atoms with Crippen molar-refractivity contribution in [1.82, 2.24) is 15.0 Å². The van der Waals surface area contributed by atoms with Crippen molar-refractivity contribution >= 4 is 42.4 Å². The summed E-state index contributed by atoms with van der Waals surface area (Å²) in [5.41, 5.74) is 4.67. The maximum absolute atomic E-state index is 13.6. The first-order chi connectivity index (χ1) is 13.9. The van der Waals surface area contributed by atoms with Gasteiger partial charge in [0.15, 0.2) is 0 Å². The molecule has 8 nitrogen and oxygen atoms in total. The van der Waals surface area contributed by atoms with Crippen molar-refractivity contribution in [2.45, 2.75) is 6.18 Å². The molecule has 0 bridgehead atoms. The summed E-state index contributed by atoms with van der Waals surface area (Å²) >= 11 is 0. The van der Waals surface area contributed by atoms with Crippen LogP contribution in [0.1, 0.15) is 5.56 Å². The molecule has 4 rings (SSSR count). The second-order valence-corrected chi connectivity index (χ2v) is 6.76. The minimum atomic E-state index is -4.59. The average Bonchev–Trinajstić information content (AvgIpc) is 2.74. The summed E-state index contributed by atoms with van der Waals surface area (Å²) in [6.07, 6.45) is -3.47. The van der Waals surface area contributed by atoms with Crippen LogP contribution in [0, 0.1) is 0 Å². The number of halogens is 5. The normalized spacial score (nSPS) is 17.0. The summed E-state index contributed by atoms with van der Waals surface area (Å²) < 4.78 is 51.7. The first kappa shape index (κ1) is 25.2. The van der Waals surface area contributed by atoms with E-state index >= 15 is 0 Å². The van der Waals surface area contributed by atoms with Gasteiger partial charge in [-0.15, -0.1) is 24.8 Å². The maximum Gasteiger partial charge on any atom is 0.417 e. The van der Waals surface area contributed by atoms with E-state index in [1.54, 1.807) is 6.07 Å². The Labute approximate surface area is 189 Å². The minimum Gasteiger partial charge on any atom is -0.384 e. The quantitative estimate of drug-likeness (QED) is 0.713. The van der Waals surface area contributed by atoms with Gasteiger partial charge in [-0.2, -0.15) is 18.2 Å². The number of alkyl halides is 3. The third-order valence-electron chi connectivity index (χ3n) is 4.84. The molecule has 0 aliphatic carbocycles. The monoisotopic (exact) mass is 482 g/mol. The van der Waals surface area contributed by atoms with Crippen molar-refractivity contribution in [3.63, 3.8) is 0 Å². The molecule has 2 saturated heterocycles. The van der Waals surface area contributed by atoms with Crippen molar-refractivity contribution in [2.24, 2.45) is 0 Å². The lowest BCUT2D eigenvalue weighted by molar-refractivity contribution is -0.137. The van der Waals surface area contributed by atoms with E-state index in [9.17, 15) is 13.2 Å². The number of rotatable bonds is 3. The lowest BCUT2D eigenvalue weighted by Crippen LogP contribution is -2.39. The summed E-state index contributed by atoms with van der Waals surface area (Å²) in [4.78, 5) is 16.8. The molecule has 13 heteroatoms. The fourth-order valence-electron chi connectivity index (χ4n) is 3.33. The van der Waals surface area contributed by atoms with Crippen molar-refractivity contribution in [3.05, 3.63) is 23.9 Å². The molecule has 31 heavy (non-hydrogen) atoms. The van der Waals surface area contributed by atoms with E-state index in [1.165, 1.54) is 0 Å². The molecule has 172 valence electrons. The fourth-order valence-corrected chi connectivity index (χ4v) is 3.33. The molecule has 0 unspecified atom stereocenters. The van der Waals surface area contributed by atoms with E-state index in [2.05, 4.69) is 15.0 Å². The molecule has 4 heterocycles. The van der Waals surface area contributed by atoms with Gasteiger partial charge in [-0.1, -0.05) is 0 Å². The Balaban J connectivity index is 0.00000171. The zero-order valence-corrected chi connectivity index (χ0v) is 18.1. The van der Waals surface area contributed by atoms with E-state index in [4.69, 9.17) is 15.2 Å². The zero-order valence-electron chi connectivity index (χ0n) is 16.5. The molecule has 2 N–H and O–H groups in total. The summed E-state index contributed by atoms with van der Waals surface area (Å²) in [6.45, 7) is 4.43. The minimum absolute atomic E-state index is 0. The Morgan fingerprint density at radius 1 is 0.871 bits per heavy atom. The number of hydrogen-bond acceptors (Lipinski definition) is 8. The van der Waals surface area contributed by atoms with Crippen LogP contribution in [0.3, 0.4) is 0 Å². The molecule has 2 aliphatic heterocycles. The SMILES string of the molecule is Cl.Cl.Nc1cc(C(F)(F)F)c(-c2cc(N3CCOCC3)nc(N3CCOCC3)n2)cn1. The van der Waals surface area contributed by atoms with Gasteiger partial charge in [0.05, 0.1) is 37.7 Å².